The monoisotopic (exact) mass is 234 g/mol. The summed E-state index contributed by atoms with van der Waals surface area (Å²) in [4.78, 5) is 11.7. The van der Waals surface area contributed by atoms with Gasteiger partial charge < -0.3 is 4.74 Å². The van der Waals surface area contributed by atoms with Crippen molar-refractivity contribution in [2.24, 2.45) is 0 Å². The van der Waals surface area contributed by atoms with Crippen LogP contribution < -0.4 is 4.74 Å². The summed E-state index contributed by atoms with van der Waals surface area (Å²) in [5.41, 5.74) is 1.68. The first-order valence-electron chi connectivity index (χ1n) is 6.00. The molecule has 2 heteroatoms. The van der Waals surface area contributed by atoms with Gasteiger partial charge in [0.15, 0.2) is 0 Å². The third-order valence-electron chi connectivity index (χ3n) is 3.45. The van der Waals surface area contributed by atoms with Crippen LogP contribution in [-0.4, -0.2) is 12.9 Å². The lowest BCUT2D eigenvalue weighted by Crippen LogP contribution is -2.27. The first-order valence-corrected chi connectivity index (χ1v) is 6.00. The zero-order valence-electron chi connectivity index (χ0n) is 11.6. The van der Waals surface area contributed by atoms with Crippen LogP contribution in [0.5, 0.6) is 5.75 Å². The summed E-state index contributed by atoms with van der Waals surface area (Å²) in [6, 6.07) is 6.12. The van der Waals surface area contributed by atoms with Crippen molar-refractivity contribution in [3.63, 3.8) is 0 Å². The molecule has 1 aromatic rings. The van der Waals surface area contributed by atoms with Gasteiger partial charge in [0.1, 0.15) is 11.5 Å². The SMILES string of the molecule is COc1cc(C(C)C)ccc1C(C)(C)C(C)=O. The van der Waals surface area contributed by atoms with E-state index in [4.69, 9.17) is 4.74 Å². The Labute approximate surface area is 104 Å². The van der Waals surface area contributed by atoms with E-state index in [1.807, 2.05) is 26.0 Å². The number of hydrogen-bond donors (Lipinski definition) is 0. The maximum Gasteiger partial charge on any atom is 0.139 e. The quantitative estimate of drug-likeness (QED) is 0.794. The number of carbonyl (C=O) groups is 1. The fourth-order valence-electron chi connectivity index (χ4n) is 1.77. The molecule has 0 N–H and O–H groups in total. The fourth-order valence-corrected chi connectivity index (χ4v) is 1.77. The maximum atomic E-state index is 11.7. The highest BCUT2D eigenvalue weighted by Gasteiger charge is 2.29. The molecule has 0 radical (unpaired) electrons. The molecule has 0 unspecified atom stereocenters. The predicted molar refractivity (Wildman–Crippen MR) is 70.8 cm³/mol. The van der Waals surface area contributed by atoms with Crippen LogP contribution in [0, 0.1) is 0 Å². The molecule has 0 spiro atoms. The Morgan fingerprint density at radius 1 is 1.29 bits per heavy atom. The van der Waals surface area contributed by atoms with Crippen molar-refractivity contribution < 1.29 is 9.53 Å². The molecule has 0 bridgehead atoms. The average Bonchev–Trinajstić information content (AvgIpc) is 2.27. The minimum Gasteiger partial charge on any atom is -0.496 e. The highest BCUT2D eigenvalue weighted by atomic mass is 16.5. The molecule has 0 aliphatic carbocycles. The number of ketones is 1. The molecule has 1 aromatic carbocycles. The van der Waals surface area contributed by atoms with Crippen LogP contribution in [0.2, 0.25) is 0 Å². The Bertz CT molecular complexity index is 417. The molecule has 0 fully saturated rings. The molecule has 0 heterocycles. The van der Waals surface area contributed by atoms with Gasteiger partial charge >= 0.3 is 0 Å². The zero-order chi connectivity index (χ0) is 13.2. The largest absolute Gasteiger partial charge is 0.496 e. The van der Waals surface area contributed by atoms with E-state index in [9.17, 15) is 4.79 Å². The zero-order valence-corrected chi connectivity index (χ0v) is 11.6. The molecule has 0 amide bonds. The summed E-state index contributed by atoms with van der Waals surface area (Å²) in [5, 5.41) is 0. The van der Waals surface area contributed by atoms with Crippen LogP contribution in [0.3, 0.4) is 0 Å². The lowest BCUT2D eigenvalue weighted by atomic mass is 9.80. The molecule has 0 aromatic heterocycles. The van der Waals surface area contributed by atoms with E-state index in [0.29, 0.717) is 5.92 Å². The number of rotatable bonds is 4. The summed E-state index contributed by atoms with van der Waals surface area (Å²) in [6.07, 6.45) is 0. The van der Waals surface area contributed by atoms with Gasteiger partial charge in [-0.3, -0.25) is 4.79 Å². The molecule has 0 atom stereocenters. The second kappa shape index (κ2) is 4.91. The summed E-state index contributed by atoms with van der Waals surface area (Å²) < 4.78 is 5.42. The summed E-state index contributed by atoms with van der Waals surface area (Å²) in [5.74, 6) is 1.41. The van der Waals surface area contributed by atoms with Crippen molar-refractivity contribution in [2.45, 2.75) is 46.0 Å². The summed E-state index contributed by atoms with van der Waals surface area (Å²) >= 11 is 0. The predicted octanol–water partition coefficient (Wildman–Crippen LogP) is 3.69. The van der Waals surface area contributed by atoms with Gasteiger partial charge in [0.05, 0.1) is 12.5 Å². The first kappa shape index (κ1) is 13.8. The van der Waals surface area contributed by atoms with Crippen molar-refractivity contribution in [3.05, 3.63) is 29.3 Å². The third kappa shape index (κ3) is 2.68. The van der Waals surface area contributed by atoms with E-state index in [0.717, 1.165) is 11.3 Å². The Balaban J connectivity index is 3.31. The highest BCUT2D eigenvalue weighted by molar-refractivity contribution is 5.87. The van der Waals surface area contributed by atoms with Gasteiger partial charge in [-0.05, 0) is 38.3 Å². The number of carbonyl (C=O) groups excluding carboxylic acids is 1. The van der Waals surface area contributed by atoms with E-state index in [1.165, 1.54) is 5.56 Å². The van der Waals surface area contributed by atoms with E-state index < -0.39 is 5.41 Å². The Morgan fingerprint density at radius 3 is 2.29 bits per heavy atom. The maximum absolute atomic E-state index is 11.7. The Hall–Kier alpha value is -1.31. The molecule has 0 saturated carbocycles. The molecule has 17 heavy (non-hydrogen) atoms. The standard InChI is InChI=1S/C15H22O2/c1-10(2)12-7-8-13(14(9-12)17-6)15(4,5)11(3)16/h7-10H,1-6H3. The minimum absolute atomic E-state index is 0.146. The van der Waals surface area contributed by atoms with Crippen molar-refractivity contribution >= 4 is 5.78 Å². The van der Waals surface area contributed by atoms with Gasteiger partial charge in [0, 0.05) is 5.56 Å². The minimum atomic E-state index is -0.499. The van der Waals surface area contributed by atoms with E-state index >= 15 is 0 Å². The number of benzene rings is 1. The van der Waals surface area contributed by atoms with Crippen LogP contribution in [0.4, 0.5) is 0 Å². The second-order valence-electron chi connectivity index (χ2n) is 5.30. The van der Waals surface area contributed by atoms with Crippen molar-refractivity contribution in [1.29, 1.82) is 0 Å². The van der Waals surface area contributed by atoms with Crippen molar-refractivity contribution in [1.82, 2.24) is 0 Å². The third-order valence-corrected chi connectivity index (χ3v) is 3.45. The fraction of sp³-hybridized carbons (Fsp3) is 0.533. The number of Topliss-reactive ketones (excluding diaryl/α,β-unsaturated/α-hetero) is 1. The Kier molecular flexibility index (Phi) is 3.97. The van der Waals surface area contributed by atoms with Crippen LogP contribution >= 0.6 is 0 Å². The van der Waals surface area contributed by atoms with E-state index in [2.05, 4.69) is 19.9 Å². The lowest BCUT2D eigenvalue weighted by molar-refractivity contribution is -0.121. The molecule has 94 valence electrons. The van der Waals surface area contributed by atoms with Crippen LogP contribution in [0.1, 0.15) is 51.7 Å². The normalized spacial score (nSPS) is 11.7. The van der Waals surface area contributed by atoms with Crippen LogP contribution in [-0.2, 0) is 10.2 Å². The topological polar surface area (TPSA) is 26.3 Å². The van der Waals surface area contributed by atoms with Gasteiger partial charge in [0.2, 0.25) is 0 Å². The molecule has 0 aliphatic rings. The molecular weight excluding hydrogens is 212 g/mol. The highest BCUT2D eigenvalue weighted by Crippen LogP contribution is 2.34. The van der Waals surface area contributed by atoms with Gasteiger partial charge in [-0.1, -0.05) is 26.0 Å². The summed E-state index contributed by atoms with van der Waals surface area (Å²) in [6.45, 7) is 9.77. The Morgan fingerprint density at radius 2 is 1.88 bits per heavy atom. The molecule has 2 nitrogen and oxygen atoms in total. The van der Waals surface area contributed by atoms with E-state index in [1.54, 1.807) is 14.0 Å². The number of ether oxygens (including phenoxy) is 1. The van der Waals surface area contributed by atoms with Gasteiger partial charge in [-0.15, -0.1) is 0 Å². The summed E-state index contributed by atoms with van der Waals surface area (Å²) in [7, 11) is 1.65. The van der Waals surface area contributed by atoms with Gasteiger partial charge in [-0.25, -0.2) is 0 Å². The molecule has 1 rings (SSSR count). The molecular formula is C15H22O2. The van der Waals surface area contributed by atoms with Crippen molar-refractivity contribution in [3.8, 4) is 5.75 Å². The van der Waals surface area contributed by atoms with E-state index in [-0.39, 0.29) is 5.78 Å². The van der Waals surface area contributed by atoms with Gasteiger partial charge in [-0.2, -0.15) is 0 Å². The van der Waals surface area contributed by atoms with Crippen LogP contribution in [0.15, 0.2) is 18.2 Å². The smallest absolute Gasteiger partial charge is 0.139 e. The first-order chi connectivity index (χ1) is 7.80. The van der Waals surface area contributed by atoms with Gasteiger partial charge in [0.25, 0.3) is 0 Å². The molecule has 0 aliphatic heterocycles. The number of hydrogen-bond acceptors (Lipinski definition) is 2. The van der Waals surface area contributed by atoms with Crippen molar-refractivity contribution in [2.75, 3.05) is 7.11 Å². The second-order valence-corrected chi connectivity index (χ2v) is 5.30. The molecule has 0 saturated heterocycles. The average molecular weight is 234 g/mol. The van der Waals surface area contributed by atoms with Crippen LogP contribution in [0.25, 0.3) is 0 Å². The number of methoxy groups -OCH3 is 1. The lowest BCUT2D eigenvalue weighted by Gasteiger charge is -2.25.